The molecule has 8 heteroatoms. The lowest BCUT2D eigenvalue weighted by Crippen LogP contribution is -2.37. The summed E-state index contributed by atoms with van der Waals surface area (Å²) in [5, 5.41) is 13.6. The number of hydrogen-bond donors (Lipinski definition) is 1. The van der Waals surface area contributed by atoms with Crippen LogP contribution >= 0.6 is 0 Å². The van der Waals surface area contributed by atoms with Gasteiger partial charge in [0.2, 0.25) is 0 Å². The van der Waals surface area contributed by atoms with Gasteiger partial charge in [-0.15, -0.1) is 0 Å². The average molecular weight is 337 g/mol. The van der Waals surface area contributed by atoms with Crippen LogP contribution in [0.1, 0.15) is 37.0 Å². The summed E-state index contributed by atoms with van der Waals surface area (Å²) < 4.78 is 5.01. The maximum Gasteiger partial charge on any atom is 0.341 e. The molecule has 1 amide bonds. The van der Waals surface area contributed by atoms with Crippen molar-refractivity contribution in [3.05, 3.63) is 33.9 Å². The van der Waals surface area contributed by atoms with Crippen molar-refractivity contribution in [3.8, 4) is 0 Å². The monoisotopic (exact) mass is 337 g/mol. The number of non-ortho nitro benzene ring substituents is 1. The van der Waals surface area contributed by atoms with Crippen molar-refractivity contribution in [3.63, 3.8) is 0 Å². The Morgan fingerprint density at radius 1 is 1.29 bits per heavy atom. The van der Waals surface area contributed by atoms with Crippen LogP contribution in [0, 0.1) is 10.1 Å². The van der Waals surface area contributed by atoms with Crippen LogP contribution < -0.4 is 10.2 Å². The van der Waals surface area contributed by atoms with Gasteiger partial charge in [-0.1, -0.05) is 13.8 Å². The maximum absolute atomic E-state index is 12.2. The molecule has 1 aromatic rings. The van der Waals surface area contributed by atoms with E-state index in [2.05, 4.69) is 5.32 Å². The van der Waals surface area contributed by atoms with Crippen molar-refractivity contribution in [2.45, 2.75) is 32.7 Å². The van der Waals surface area contributed by atoms with E-state index in [0.29, 0.717) is 5.69 Å². The Morgan fingerprint density at radius 3 is 2.42 bits per heavy atom. The zero-order valence-electron chi connectivity index (χ0n) is 14.4. The van der Waals surface area contributed by atoms with Crippen molar-refractivity contribution >= 4 is 23.3 Å². The normalized spacial score (nSPS) is 10.4. The number of nitrogens with one attached hydrogen (secondary N) is 1. The zero-order valence-corrected chi connectivity index (χ0v) is 14.4. The van der Waals surface area contributed by atoms with Crippen LogP contribution in [0.3, 0.4) is 0 Å². The lowest BCUT2D eigenvalue weighted by molar-refractivity contribution is -0.384. The molecule has 0 radical (unpaired) electrons. The topological polar surface area (TPSA) is 102 Å². The van der Waals surface area contributed by atoms with Gasteiger partial charge in [-0.2, -0.15) is 0 Å². The number of rotatable bonds is 8. The molecule has 0 unspecified atom stereocenters. The SMILES string of the molecule is CCC(CC)NC(=O)COC(=O)c1cc([N+](=O)[O-])ccc1N(C)C. The van der Waals surface area contributed by atoms with Gasteiger partial charge in [-0.3, -0.25) is 14.9 Å². The molecule has 0 heterocycles. The van der Waals surface area contributed by atoms with Crippen LogP contribution in [0.15, 0.2) is 18.2 Å². The fraction of sp³-hybridized carbons (Fsp3) is 0.500. The van der Waals surface area contributed by atoms with Crippen molar-refractivity contribution < 1.29 is 19.2 Å². The molecule has 0 fully saturated rings. The molecule has 1 aromatic carbocycles. The Labute approximate surface area is 140 Å². The molecule has 0 aromatic heterocycles. The van der Waals surface area contributed by atoms with E-state index < -0.39 is 23.4 Å². The summed E-state index contributed by atoms with van der Waals surface area (Å²) >= 11 is 0. The highest BCUT2D eigenvalue weighted by molar-refractivity contribution is 5.97. The minimum atomic E-state index is -0.776. The van der Waals surface area contributed by atoms with Crippen molar-refractivity contribution in [1.82, 2.24) is 5.32 Å². The zero-order chi connectivity index (χ0) is 18.3. The van der Waals surface area contributed by atoms with Crippen LogP contribution in [0.5, 0.6) is 0 Å². The third-order valence-electron chi connectivity index (χ3n) is 3.58. The first kappa shape index (κ1) is 19.4. The molecule has 0 aliphatic rings. The average Bonchev–Trinajstić information content (AvgIpc) is 2.56. The second kappa shape index (κ2) is 8.85. The van der Waals surface area contributed by atoms with Crippen LogP contribution in [-0.4, -0.2) is 43.5 Å². The summed E-state index contributed by atoms with van der Waals surface area (Å²) in [6.07, 6.45) is 1.57. The molecule has 1 rings (SSSR count). The van der Waals surface area contributed by atoms with Crippen LogP contribution in [0.25, 0.3) is 0 Å². The lowest BCUT2D eigenvalue weighted by atomic mass is 10.1. The van der Waals surface area contributed by atoms with E-state index in [1.807, 2.05) is 13.8 Å². The number of carbonyl (C=O) groups is 2. The van der Waals surface area contributed by atoms with E-state index in [0.717, 1.165) is 18.9 Å². The van der Waals surface area contributed by atoms with Gasteiger partial charge in [0.05, 0.1) is 16.2 Å². The van der Waals surface area contributed by atoms with Crippen LogP contribution in [0.4, 0.5) is 11.4 Å². The van der Waals surface area contributed by atoms with Crippen molar-refractivity contribution in [1.29, 1.82) is 0 Å². The number of ether oxygens (including phenoxy) is 1. The van der Waals surface area contributed by atoms with Gasteiger partial charge in [0.15, 0.2) is 6.61 Å². The molecule has 8 nitrogen and oxygen atoms in total. The number of hydrogen-bond acceptors (Lipinski definition) is 6. The number of anilines is 1. The third kappa shape index (κ3) is 5.22. The second-order valence-corrected chi connectivity index (χ2v) is 5.51. The molecular formula is C16H23N3O5. The third-order valence-corrected chi connectivity index (χ3v) is 3.58. The van der Waals surface area contributed by atoms with E-state index in [1.165, 1.54) is 12.1 Å². The predicted octanol–water partition coefficient (Wildman–Crippen LogP) is 2.12. The van der Waals surface area contributed by atoms with Gasteiger partial charge in [-0.25, -0.2) is 4.79 Å². The Bertz CT molecular complexity index is 612. The number of carbonyl (C=O) groups excluding carboxylic acids is 2. The Morgan fingerprint density at radius 2 is 1.92 bits per heavy atom. The molecule has 0 saturated heterocycles. The standard InChI is InChI=1S/C16H23N3O5/c1-5-11(6-2)17-15(20)10-24-16(21)13-9-12(19(22)23)7-8-14(13)18(3)4/h7-9,11H,5-6,10H2,1-4H3,(H,17,20). The second-order valence-electron chi connectivity index (χ2n) is 5.51. The summed E-state index contributed by atoms with van der Waals surface area (Å²) in [6, 6.07) is 3.97. The first-order valence-electron chi connectivity index (χ1n) is 7.72. The highest BCUT2D eigenvalue weighted by Gasteiger charge is 2.20. The number of benzene rings is 1. The number of nitro benzene ring substituents is 1. The van der Waals surface area contributed by atoms with E-state index >= 15 is 0 Å². The number of amides is 1. The minimum absolute atomic E-state index is 0.0337. The van der Waals surface area contributed by atoms with Gasteiger partial charge < -0.3 is 15.0 Å². The van der Waals surface area contributed by atoms with Gasteiger partial charge in [0.1, 0.15) is 0 Å². The molecule has 0 saturated carbocycles. The van der Waals surface area contributed by atoms with Gasteiger partial charge in [0.25, 0.3) is 11.6 Å². The first-order chi connectivity index (χ1) is 11.3. The highest BCUT2D eigenvalue weighted by Crippen LogP contribution is 2.24. The fourth-order valence-electron chi connectivity index (χ4n) is 2.16. The summed E-state index contributed by atoms with van der Waals surface area (Å²) in [4.78, 5) is 36.0. The summed E-state index contributed by atoms with van der Waals surface area (Å²) in [5.41, 5.74) is 0.310. The van der Waals surface area contributed by atoms with Crippen molar-refractivity contribution in [2.75, 3.05) is 25.6 Å². The molecule has 0 aliphatic carbocycles. The van der Waals surface area contributed by atoms with Gasteiger partial charge in [0, 0.05) is 32.3 Å². The van der Waals surface area contributed by atoms with Crippen LogP contribution in [-0.2, 0) is 9.53 Å². The molecule has 0 spiro atoms. The molecule has 1 N–H and O–H groups in total. The first-order valence-corrected chi connectivity index (χ1v) is 7.72. The Hall–Kier alpha value is -2.64. The molecule has 0 atom stereocenters. The molecular weight excluding hydrogens is 314 g/mol. The summed E-state index contributed by atoms with van der Waals surface area (Å²) in [7, 11) is 3.41. The number of esters is 1. The molecule has 132 valence electrons. The smallest absolute Gasteiger partial charge is 0.341 e. The van der Waals surface area contributed by atoms with Gasteiger partial charge in [-0.05, 0) is 18.9 Å². The molecule has 0 aliphatic heterocycles. The summed E-state index contributed by atoms with van der Waals surface area (Å²) in [6.45, 7) is 3.48. The Kier molecular flexibility index (Phi) is 7.16. The predicted molar refractivity (Wildman–Crippen MR) is 90.2 cm³/mol. The van der Waals surface area contributed by atoms with E-state index in [9.17, 15) is 19.7 Å². The quantitative estimate of drug-likeness (QED) is 0.443. The fourth-order valence-corrected chi connectivity index (χ4v) is 2.16. The molecule has 0 bridgehead atoms. The van der Waals surface area contributed by atoms with E-state index in [-0.39, 0.29) is 17.3 Å². The number of nitro groups is 1. The highest BCUT2D eigenvalue weighted by atomic mass is 16.6. The van der Waals surface area contributed by atoms with E-state index in [1.54, 1.807) is 19.0 Å². The summed E-state index contributed by atoms with van der Waals surface area (Å²) in [5.74, 6) is -1.17. The largest absolute Gasteiger partial charge is 0.452 e. The van der Waals surface area contributed by atoms with Crippen LogP contribution in [0.2, 0.25) is 0 Å². The minimum Gasteiger partial charge on any atom is -0.452 e. The Balaban J connectivity index is 2.84. The van der Waals surface area contributed by atoms with Crippen molar-refractivity contribution in [2.24, 2.45) is 0 Å². The lowest BCUT2D eigenvalue weighted by Gasteiger charge is -2.17. The van der Waals surface area contributed by atoms with E-state index in [4.69, 9.17) is 4.74 Å². The maximum atomic E-state index is 12.2. The number of nitrogens with zero attached hydrogens (tertiary/aromatic N) is 2. The molecule has 24 heavy (non-hydrogen) atoms. The van der Waals surface area contributed by atoms with Gasteiger partial charge >= 0.3 is 5.97 Å².